The quantitative estimate of drug-likeness (QED) is 0.398. The highest BCUT2D eigenvalue weighted by atomic mass is 79.9. The van der Waals surface area contributed by atoms with Crippen LogP contribution in [-0.4, -0.2) is 21.5 Å². The summed E-state index contributed by atoms with van der Waals surface area (Å²) in [6.45, 7) is 0. The lowest BCUT2D eigenvalue weighted by Crippen LogP contribution is -2.37. The number of carbonyl (C=O) groups is 2. The van der Waals surface area contributed by atoms with Crippen molar-refractivity contribution in [1.29, 1.82) is 0 Å². The van der Waals surface area contributed by atoms with Gasteiger partial charge in [-0.25, -0.2) is 0 Å². The van der Waals surface area contributed by atoms with Gasteiger partial charge in [-0.05, 0) is 66.8 Å². The Morgan fingerprint density at radius 1 is 0.821 bits per heavy atom. The summed E-state index contributed by atoms with van der Waals surface area (Å²) in [6.07, 6.45) is 0.931. The number of hydrogen-bond acceptors (Lipinski definition) is 3. The van der Waals surface area contributed by atoms with E-state index >= 15 is 0 Å². The van der Waals surface area contributed by atoms with E-state index in [0.717, 1.165) is 6.42 Å². The zero-order valence-electron chi connectivity index (χ0n) is 14.6. The van der Waals surface area contributed by atoms with Gasteiger partial charge in [0.25, 0.3) is 0 Å². The number of hydrogen-bond donors (Lipinski definition) is 0. The number of carbonyl (C=O) groups excluding carboxylic acids is 2. The van der Waals surface area contributed by atoms with Gasteiger partial charge in [0.2, 0.25) is 11.8 Å². The zero-order chi connectivity index (χ0) is 19.6. The first-order chi connectivity index (χ1) is 13.5. The van der Waals surface area contributed by atoms with Gasteiger partial charge in [0, 0.05) is 14.7 Å². The molecule has 2 saturated carbocycles. The van der Waals surface area contributed by atoms with Crippen LogP contribution in [0.2, 0.25) is 5.02 Å². The molecule has 2 aromatic rings. The number of rotatable bonds is 3. The first-order valence-electron chi connectivity index (χ1n) is 9.15. The first kappa shape index (κ1) is 18.6. The summed E-state index contributed by atoms with van der Waals surface area (Å²) >= 11 is 13.3. The van der Waals surface area contributed by atoms with Crippen LogP contribution in [-0.2, 0) is 9.59 Å². The van der Waals surface area contributed by atoms with Gasteiger partial charge in [0.05, 0.1) is 17.5 Å². The number of halogens is 3. The Hall–Kier alpha value is -1.37. The van der Waals surface area contributed by atoms with E-state index in [1.807, 2.05) is 0 Å². The van der Waals surface area contributed by atoms with E-state index in [1.165, 1.54) is 4.90 Å². The molecule has 2 aromatic carbocycles. The van der Waals surface area contributed by atoms with Crippen LogP contribution >= 0.6 is 43.5 Å². The molecule has 1 heterocycles. The van der Waals surface area contributed by atoms with Crippen molar-refractivity contribution in [2.75, 3.05) is 4.90 Å². The zero-order valence-corrected chi connectivity index (χ0v) is 18.5. The topological polar surface area (TPSA) is 46.6 Å². The molecule has 1 saturated heterocycles. The molecule has 1 aliphatic heterocycles. The van der Waals surface area contributed by atoms with Crippen molar-refractivity contribution in [2.24, 2.45) is 23.7 Å². The lowest BCUT2D eigenvalue weighted by molar-refractivity contribution is -0.123. The van der Waals surface area contributed by atoms with Crippen molar-refractivity contribution in [3.8, 4) is 11.5 Å². The summed E-state index contributed by atoms with van der Waals surface area (Å²) in [5.41, 5.74) is 0.601. The number of anilines is 1. The minimum Gasteiger partial charge on any atom is -0.457 e. The molecule has 5 rings (SSSR count). The SMILES string of the molecule is O=C1[C@@H]2[C@H]3C[C@@H]([C@H](Br)[C@@H]3Br)[C@@H]2C(=O)N1c1ccc(Oc2ccc(Cl)cc2)cc1. The van der Waals surface area contributed by atoms with Crippen LogP contribution < -0.4 is 9.64 Å². The average Bonchev–Trinajstić information content (AvgIpc) is 3.29. The minimum atomic E-state index is -0.208. The van der Waals surface area contributed by atoms with Crippen molar-refractivity contribution < 1.29 is 14.3 Å². The Balaban J connectivity index is 1.37. The molecule has 3 fully saturated rings. The highest BCUT2D eigenvalue weighted by Crippen LogP contribution is 2.60. The summed E-state index contributed by atoms with van der Waals surface area (Å²) in [5.74, 6) is 1.17. The van der Waals surface area contributed by atoms with E-state index in [1.54, 1.807) is 48.5 Å². The Morgan fingerprint density at radius 3 is 1.79 bits per heavy atom. The molecule has 144 valence electrons. The Kier molecular flexibility index (Phi) is 4.56. The summed E-state index contributed by atoms with van der Waals surface area (Å²) in [5, 5.41) is 0.643. The van der Waals surface area contributed by atoms with Crippen LogP contribution in [0.25, 0.3) is 0 Å². The molecule has 0 N–H and O–H groups in total. The second-order valence-electron chi connectivity index (χ2n) is 7.57. The molecule has 0 aromatic heterocycles. The van der Waals surface area contributed by atoms with E-state index in [2.05, 4.69) is 31.9 Å². The molecular formula is C21H16Br2ClNO3. The number of amides is 2. The number of fused-ring (bicyclic) bond motifs is 5. The minimum absolute atomic E-state index is 0.0716. The molecule has 3 aliphatic rings. The number of nitrogens with zero attached hydrogens (tertiary/aromatic N) is 1. The average molecular weight is 526 g/mol. The third kappa shape index (κ3) is 2.76. The number of ether oxygens (including phenoxy) is 1. The molecular weight excluding hydrogens is 509 g/mol. The summed E-state index contributed by atoms with van der Waals surface area (Å²) in [4.78, 5) is 28.0. The van der Waals surface area contributed by atoms with Crippen molar-refractivity contribution in [2.45, 2.75) is 16.1 Å². The van der Waals surface area contributed by atoms with Crippen LogP contribution in [0.1, 0.15) is 6.42 Å². The fraction of sp³-hybridized carbons (Fsp3) is 0.333. The van der Waals surface area contributed by atoms with Crippen LogP contribution in [0, 0.1) is 23.7 Å². The molecule has 7 heteroatoms. The Bertz CT molecular complexity index is 917. The number of alkyl halides is 2. The molecule has 0 unspecified atom stereocenters. The van der Waals surface area contributed by atoms with E-state index in [9.17, 15) is 9.59 Å². The molecule has 4 nitrogen and oxygen atoms in total. The fourth-order valence-electron chi connectivity index (χ4n) is 4.91. The van der Waals surface area contributed by atoms with Crippen LogP contribution in [0.4, 0.5) is 5.69 Å². The Labute approximate surface area is 184 Å². The maximum Gasteiger partial charge on any atom is 0.238 e. The summed E-state index contributed by atoms with van der Waals surface area (Å²) in [6, 6.07) is 14.2. The van der Waals surface area contributed by atoms with Gasteiger partial charge < -0.3 is 4.74 Å². The van der Waals surface area contributed by atoms with E-state index in [0.29, 0.717) is 22.2 Å². The molecule has 0 spiro atoms. The highest BCUT2D eigenvalue weighted by molar-refractivity contribution is 9.12. The second-order valence-corrected chi connectivity index (χ2v) is 10.1. The van der Waals surface area contributed by atoms with Crippen LogP contribution in [0.5, 0.6) is 11.5 Å². The lowest BCUT2D eigenvalue weighted by atomic mass is 9.81. The van der Waals surface area contributed by atoms with Gasteiger partial charge in [-0.1, -0.05) is 43.5 Å². The van der Waals surface area contributed by atoms with Crippen molar-refractivity contribution in [1.82, 2.24) is 0 Å². The van der Waals surface area contributed by atoms with E-state index in [4.69, 9.17) is 16.3 Å². The maximum absolute atomic E-state index is 13.1. The molecule has 0 radical (unpaired) electrons. The predicted octanol–water partition coefficient (Wildman–Crippen LogP) is 5.41. The van der Waals surface area contributed by atoms with Gasteiger partial charge in [-0.15, -0.1) is 0 Å². The van der Waals surface area contributed by atoms with E-state index < -0.39 is 0 Å². The molecule has 2 bridgehead atoms. The third-order valence-corrected chi connectivity index (χ3v) is 9.59. The first-order valence-corrected chi connectivity index (χ1v) is 11.4. The monoisotopic (exact) mass is 523 g/mol. The summed E-state index contributed by atoms with van der Waals surface area (Å²) < 4.78 is 5.79. The smallest absolute Gasteiger partial charge is 0.238 e. The molecule has 2 aliphatic carbocycles. The normalized spacial score (nSPS) is 33.5. The van der Waals surface area contributed by atoms with Gasteiger partial charge in [-0.3, -0.25) is 14.5 Å². The van der Waals surface area contributed by atoms with Crippen molar-refractivity contribution in [3.05, 3.63) is 53.6 Å². The molecule has 28 heavy (non-hydrogen) atoms. The standard InChI is InChI=1S/C21H16Br2ClNO3/c22-18-14-9-15(19(18)23)17-16(14)20(26)25(21(17)27)11-3-7-13(8-4-11)28-12-5-1-10(24)2-6-12/h1-8,14-19H,9H2/t14-,15-,16-,17+,18-,19+/m1/s1. The van der Waals surface area contributed by atoms with Gasteiger partial charge >= 0.3 is 0 Å². The fourth-order valence-corrected chi connectivity index (χ4v) is 6.90. The molecule has 2 amide bonds. The van der Waals surface area contributed by atoms with Gasteiger partial charge in [-0.2, -0.15) is 0 Å². The summed E-state index contributed by atoms with van der Waals surface area (Å²) in [7, 11) is 0. The predicted molar refractivity (Wildman–Crippen MR) is 114 cm³/mol. The van der Waals surface area contributed by atoms with Crippen LogP contribution in [0.15, 0.2) is 48.5 Å². The van der Waals surface area contributed by atoms with Crippen molar-refractivity contribution in [3.63, 3.8) is 0 Å². The molecule has 6 atom stereocenters. The maximum atomic E-state index is 13.1. The van der Waals surface area contributed by atoms with Gasteiger partial charge in [0.15, 0.2) is 0 Å². The largest absolute Gasteiger partial charge is 0.457 e. The number of benzene rings is 2. The Morgan fingerprint density at radius 2 is 1.29 bits per heavy atom. The van der Waals surface area contributed by atoms with E-state index in [-0.39, 0.29) is 45.1 Å². The third-order valence-electron chi connectivity index (χ3n) is 6.13. The second kappa shape index (κ2) is 6.85. The highest BCUT2D eigenvalue weighted by Gasteiger charge is 2.66. The lowest BCUT2D eigenvalue weighted by Gasteiger charge is -2.28. The van der Waals surface area contributed by atoms with Gasteiger partial charge in [0.1, 0.15) is 11.5 Å². The van der Waals surface area contributed by atoms with Crippen molar-refractivity contribution >= 4 is 61.0 Å². The number of imide groups is 1. The van der Waals surface area contributed by atoms with Crippen LogP contribution in [0.3, 0.4) is 0 Å².